The molecule has 1 aliphatic rings. The maximum Gasteiger partial charge on any atom is 0.500 e. The molecule has 4 nitrogen and oxygen atoms in total. The van der Waals surface area contributed by atoms with E-state index in [-0.39, 0.29) is 0 Å². The minimum Gasteiger partial charge on any atom is -0.389 e. The van der Waals surface area contributed by atoms with Crippen molar-refractivity contribution in [1.29, 1.82) is 0 Å². The molecule has 1 rings (SSSR count). The topological polar surface area (TPSA) is 39.7 Å². The van der Waals surface area contributed by atoms with Gasteiger partial charge in [0.15, 0.2) is 0 Å². The second kappa shape index (κ2) is 11.2. The smallest absolute Gasteiger partial charge is 0.389 e. The van der Waals surface area contributed by atoms with Gasteiger partial charge in [-0.1, -0.05) is 38.7 Å². The molecule has 0 aromatic carbocycles. The summed E-state index contributed by atoms with van der Waals surface area (Å²) in [5.41, 5.74) is 1.27. The minimum absolute atomic E-state index is 0.713. The Morgan fingerprint density at radius 3 is 2.14 bits per heavy atom. The van der Waals surface area contributed by atoms with E-state index in [0.29, 0.717) is 5.92 Å². The van der Waals surface area contributed by atoms with E-state index in [4.69, 9.17) is 13.3 Å². The lowest BCUT2D eigenvalue weighted by Gasteiger charge is -2.25. The Morgan fingerprint density at radius 2 is 1.55 bits per heavy atom. The van der Waals surface area contributed by atoms with Crippen molar-refractivity contribution in [2.45, 2.75) is 63.8 Å². The predicted molar refractivity (Wildman–Crippen MR) is 93.8 cm³/mol. The van der Waals surface area contributed by atoms with Gasteiger partial charge in [0.2, 0.25) is 0 Å². The van der Waals surface area contributed by atoms with Crippen LogP contribution in [0.2, 0.25) is 6.04 Å². The molecule has 1 N–H and O–H groups in total. The Bertz CT molecular complexity index is 294. The van der Waals surface area contributed by atoms with Crippen LogP contribution in [0.3, 0.4) is 0 Å². The first-order valence-electron chi connectivity index (χ1n) is 8.75. The monoisotopic (exact) mass is 329 g/mol. The van der Waals surface area contributed by atoms with Gasteiger partial charge in [0.25, 0.3) is 0 Å². The van der Waals surface area contributed by atoms with Crippen molar-refractivity contribution in [3.05, 3.63) is 12.3 Å². The fourth-order valence-corrected chi connectivity index (χ4v) is 5.02. The molecule has 0 radical (unpaired) electrons. The first-order valence-corrected chi connectivity index (χ1v) is 10.7. The molecule has 130 valence electrons. The lowest BCUT2D eigenvalue weighted by atomic mass is 9.87. The highest BCUT2D eigenvalue weighted by Crippen LogP contribution is 2.27. The van der Waals surface area contributed by atoms with Crippen LogP contribution in [0.4, 0.5) is 0 Å². The molecular weight excluding hydrogens is 294 g/mol. The molecule has 5 heteroatoms. The van der Waals surface area contributed by atoms with E-state index in [2.05, 4.69) is 11.9 Å². The maximum atomic E-state index is 5.43. The number of nitrogens with one attached hydrogen (secondary N) is 1. The zero-order valence-electron chi connectivity index (χ0n) is 14.8. The van der Waals surface area contributed by atoms with Crippen LogP contribution in [-0.2, 0) is 13.3 Å². The van der Waals surface area contributed by atoms with Gasteiger partial charge in [-0.05, 0) is 31.6 Å². The van der Waals surface area contributed by atoms with Crippen LogP contribution in [0.1, 0.15) is 57.8 Å². The van der Waals surface area contributed by atoms with Gasteiger partial charge >= 0.3 is 8.80 Å². The molecule has 1 saturated carbocycles. The van der Waals surface area contributed by atoms with E-state index in [9.17, 15) is 0 Å². The summed E-state index contributed by atoms with van der Waals surface area (Å²) in [6, 6.07) is 0.901. The van der Waals surface area contributed by atoms with Crippen molar-refractivity contribution in [1.82, 2.24) is 5.32 Å². The zero-order chi connectivity index (χ0) is 16.3. The molecule has 0 atom stereocenters. The van der Waals surface area contributed by atoms with Gasteiger partial charge in [0, 0.05) is 39.6 Å². The van der Waals surface area contributed by atoms with Crippen LogP contribution in [-0.4, -0.2) is 36.7 Å². The van der Waals surface area contributed by atoms with Crippen molar-refractivity contribution in [2.75, 3.05) is 27.9 Å². The number of rotatable bonds is 12. The molecule has 0 aliphatic heterocycles. The predicted octanol–water partition coefficient (Wildman–Crippen LogP) is 4.11. The summed E-state index contributed by atoms with van der Waals surface area (Å²) in [6.45, 7) is 5.28. The Morgan fingerprint density at radius 1 is 0.955 bits per heavy atom. The summed E-state index contributed by atoms with van der Waals surface area (Å²) >= 11 is 0. The molecule has 0 aromatic heterocycles. The summed E-state index contributed by atoms with van der Waals surface area (Å²) in [5, 5.41) is 3.53. The molecule has 0 heterocycles. The van der Waals surface area contributed by atoms with E-state index >= 15 is 0 Å². The molecule has 1 aliphatic carbocycles. The van der Waals surface area contributed by atoms with Crippen LogP contribution in [0.5, 0.6) is 0 Å². The van der Waals surface area contributed by atoms with Gasteiger partial charge in [-0.15, -0.1) is 0 Å². The third-order valence-electron chi connectivity index (χ3n) is 4.79. The Labute approximate surface area is 138 Å². The molecule has 0 spiro atoms. The van der Waals surface area contributed by atoms with Gasteiger partial charge in [0.1, 0.15) is 0 Å². The first kappa shape index (κ1) is 19.7. The Kier molecular flexibility index (Phi) is 10.0. The molecule has 0 amide bonds. The summed E-state index contributed by atoms with van der Waals surface area (Å²) in [5.74, 6) is 0.713. The standard InChI is InChI=1S/C17H35NO3Si/c1-16(17-12-8-7-9-13-17)18-14-10-5-6-11-15-22(19-2,20-3)21-4/h17-18H,1,5-15H2,2-4H3. The number of hydrogen-bond donors (Lipinski definition) is 1. The van der Waals surface area contributed by atoms with Crippen molar-refractivity contribution >= 4 is 8.80 Å². The summed E-state index contributed by atoms with van der Waals surface area (Å²) < 4.78 is 16.3. The van der Waals surface area contributed by atoms with Gasteiger partial charge < -0.3 is 18.6 Å². The number of hydrogen-bond acceptors (Lipinski definition) is 4. The fourth-order valence-electron chi connectivity index (χ4n) is 3.22. The van der Waals surface area contributed by atoms with Gasteiger partial charge in [-0.3, -0.25) is 0 Å². The summed E-state index contributed by atoms with van der Waals surface area (Å²) in [4.78, 5) is 0. The van der Waals surface area contributed by atoms with Crippen LogP contribution in [0.25, 0.3) is 0 Å². The average Bonchev–Trinajstić information content (AvgIpc) is 2.58. The normalized spacial score (nSPS) is 16.7. The highest BCUT2D eigenvalue weighted by atomic mass is 28.4. The van der Waals surface area contributed by atoms with E-state index in [1.165, 1.54) is 57.1 Å². The second-order valence-corrected chi connectivity index (χ2v) is 9.34. The van der Waals surface area contributed by atoms with Crippen molar-refractivity contribution in [3.63, 3.8) is 0 Å². The average molecular weight is 330 g/mol. The number of allylic oxidation sites excluding steroid dienone is 1. The zero-order valence-corrected chi connectivity index (χ0v) is 15.8. The van der Waals surface area contributed by atoms with Gasteiger partial charge in [-0.25, -0.2) is 0 Å². The van der Waals surface area contributed by atoms with Crippen molar-refractivity contribution in [2.24, 2.45) is 5.92 Å². The lowest BCUT2D eigenvalue weighted by molar-refractivity contribution is 0.122. The molecule has 0 saturated heterocycles. The lowest BCUT2D eigenvalue weighted by Crippen LogP contribution is -2.42. The van der Waals surface area contributed by atoms with E-state index in [0.717, 1.165) is 19.0 Å². The Hall–Kier alpha value is -0.363. The maximum absolute atomic E-state index is 5.43. The third kappa shape index (κ3) is 6.81. The summed E-state index contributed by atoms with van der Waals surface area (Å²) in [6.07, 6.45) is 11.5. The molecule has 1 fully saturated rings. The Balaban J connectivity index is 2.02. The van der Waals surface area contributed by atoms with E-state index < -0.39 is 8.80 Å². The van der Waals surface area contributed by atoms with Crippen LogP contribution < -0.4 is 5.32 Å². The minimum atomic E-state index is -2.36. The summed E-state index contributed by atoms with van der Waals surface area (Å²) in [7, 11) is 2.69. The SMILES string of the molecule is C=C(NCCCCCC[Si](OC)(OC)OC)C1CCCCC1. The van der Waals surface area contributed by atoms with E-state index in [1.807, 2.05) is 0 Å². The van der Waals surface area contributed by atoms with Crippen LogP contribution >= 0.6 is 0 Å². The molecule has 0 aromatic rings. The quantitative estimate of drug-likeness (QED) is 0.432. The van der Waals surface area contributed by atoms with Crippen LogP contribution in [0.15, 0.2) is 12.3 Å². The third-order valence-corrected chi connectivity index (χ3v) is 7.62. The molecule has 22 heavy (non-hydrogen) atoms. The van der Waals surface area contributed by atoms with E-state index in [1.54, 1.807) is 21.3 Å². The molecule has 0 bridgehead atoms. The fraction of sp³-hybridized carbons (Fsp3) is 0.882. The molecular formula is C17H35NO3Si. The highest BCUT2D eigenvalue weighted by molar-refractivity contribution is 6.60. The second-order valence-electron chi connectivity index (χ2n) is 6.25. The largest absolute Gasteiger partial charge is 0.500 e. The van der Waals surface area contributed by atoms with Gasteiger partial charge in [-0.2, -0.15) is 0 Å². The highest BCUT2D eigenvalue weighted by Gasteiger charge is 2.36. The number of unbranched alkanes of at least 4 members (excludes halogenated alkanes) is 3. The first-order chi connectivity index (χ1) is 10.7. The van der Waals surface area contributed by atoms with Gasteiger partial charge in [0.05, 0.1) is 0 Å². The van der Waals surface area contributed by atoms with Crippen molar-refractivity contribution in [3.8, 4) is 0 Å². The molecule has 0 unspecified atom stereocenters. The van der Waals surface area contributed by atoms with Crippen molar-refractivity contribution < 1.29 is 13.3 Å². The van der Waals surface area contributed by atoms with Crippen LogP contribution in [0, 0.1) is 5.92 Å².